The van der Waals surface area contributed by atoms with Crippen molar-refractivity contribution in [1.29, 1.82) is 0 Å². The van der Waals surface area contributed by atoms with E-state index in [1.54, 1.807) is 0 Å². The fourth-order valence-electron chi connectivity index (χ4n) is 3.28. The summed E-state index contributed by atoms with van der Waals surface area (Å²) < 4.78 is 0. The molecule has 1 aliphatic heterocycles. The second kappa shape index (κ2) is 4.61. The minimum Gasteiger partial charge on any atom is -0.465 e. The zero-order valence-electron chi connectivity index (χ0n) is 10.3. The molecule has 1 aliphatic carbocycles. The SMILES string of the molecule is O=C(O)NC1CCN([C@@H]2CCc3ccccc32)C1. The van der Waals surface area contributed by atoms with Crippen LogP contribution in [0.25, 0.3) is 0 Å². The Bertz CT molecular complexity index is 461. The van der Waals surface area contributed by atoms with Gasteiger partial charge in [0.05, 0.1) is 0 Å². The molecule has 2 N–H and O–H groups in total. The lowest BCUT2D eigenvalue weighted by atomic mass is 10.1. The Morgan fingerprint density at radius 2 is 2.17 bits per heavy atom. The van der Waals surface area contributed by atoms with Gasteiger partial charge in [-0.1, -0.05) is 24.3 Å². The molecule has 4 nitrogen and oxygen atoms in total. The van der Waals surface area contributed by atoms with Gasteiger partial charge < -0.3 is 10.4 Å². The third-order valence-corrected chi connectivity index (χ3v) is 4.09. The van der Waals surface area contributed by atoms with Gasteiger partial charge in [-0.05, 0) is 30.4 Å². The van der Waals surface area contributed by atoms with Crippen molar-refractivity contribution in [2.45, 2.75) is 31.3 Å². The summed E-state index contributed by atoms with van der Waals surface area (Å²) in [5, 5.41) is 11.3. The van der Waals surface area contributed by atoms with Crippen molar-refractivity contribution >= 4 is 6.09 Å². The first kappa shape index (κ1) is 11.5. The standard InChI is InChI=1S/C14H18N2O2/c17-14(18)15-11-7-8-16(9-11)13-6-5-10-3-1-2-4-12(10)13/h1-4,11,13,15H,5-9H2,(H,17,18)/t11?,13-/m1/s1. The summed E-state index contributed by atoms with van der Waals surface area (Å²) in [4.78, 5) is 13.1. The van der Waals surface area contributed by atoms with Crippen LogP contribution in [0.4, 0.5) is 4.79 Å². The molecule has 1 aromatic carbocycles. The van der Waals surface area contributed by atoms with Crippen LogP contribution in [0.3, 0.4) is 0 Å². The smallest absolute Gasteiger partial charge is 0.404 e. The van der Waals surface area contributed by atoms with Crippen LogP contribution in [-0.2, 0) is 6.42 Å². The molecule has 2 atom stereocenters. The van der Waals surface area contributed by atoms with Crippen molar-refractivity contribution in [3.05, 3.63) is 35.4 Å². The van der Waals surface area contributed by atoms with E-state index >= 15 is 0 Å². The van der Waals surface area contributed by atoms with E-state index in [9.17, 15) is 4.79 Å². The average molecular weight is 246 g/mol. The van der Waals surface area contributed by atoms with E-state index in [1.165, 1.54) is 17.5 Å². The topological polar surface area (TPSA) is 52.6 Å². The van der Waals surface area contributed by atoms with Gasteiger partial charge in [-0.15, -0.1) is 0 Å². The van der Waals surface area contributed by atoms with Crippen LogP contribution in [0.15, 0.2) is 24.3 Å². The molecule has 0 bridgehead atoms. The van der Waals surface area contributed by atoms with E-state index in [4.69, 9.17) is 5.11 Å². The van der Waals surface area contributed by atoms with Crippen LogP contribution < -0.4 is 5.32 Å². The highest BCUT2D eigenvalue weighted by molar-refractivity contribution is 5.64. The molecule has 1 aromatic rings. The van der Waals surface area contributed by atoms with Crippen LogP contribution in [0.5, 0.6) is 0 Å². The Morgan fingerprint density at radius 3 is 3.00 bits per heavy atom. The maximum absolute atomic E-state index is 10.7. The van der Waals surface area contributed by atoms with Gasteiger partial charge in [-0.2, -0.15) is 0 Å². The lowest BCUT2D eigenvalue weighted by Gasteiger charge is -2.24. The lowest BCUT2D eigenvalue weighted by molar-refractivity contribution is 0.187. The predicted octanol–water partition coefficient (Wildman–Crippen LogP) is 2.02. The number of rotatable bonds is 2. The molecule has 1 saturated heterocycles. The summed E-state index contributed by atoms with van der Waals surface area (Å²) in [5.74, 6) is 0. The fraction of sp³-hybridized carbons (Fsp3) is 0.500. The fourth-order valence-corrected chi connectivity index (χ4v) is 3.28. The summed E-state index contributed by atoms with van der Waals surface area (Å²) in [6.07, 6.45) is 2.33. The number of hydrogen-bond acceptors (Lipinski definition) is 2. The van der Waals surface area contributed by atoms with Gasteiger partial charge in [0.15, 0.2) is 0 Å². The van der Waals surface area contributed by atoms with E-state index in [0.29, 0.717) is 6.04 Å². The van der Waals surface area contributed by atoms with E-state index in [-0.39, 0.29) is 6.04 Å². The van der Waals surface area contributed by atoms with Gasteiger partial charge in [0.25, 0.3) is 0 Å². The molecule has 1 amide bonds. The molecule has 96 valence electrons. The summed E-state index contributed by atoms with van der Waals surface area (Å²) in [6.45, 7) is 1.83. The van der Waals surface area contributed by atoms with Crippen LogP contribution >= 0.6 is 0 Å². The maximum atomic E-state index is 10.7. The summed E-state index contributed by atoms with van der Waals surface area (Å²) in [6, 6.07) is 9.20. The molecule has 1 fully saturated rings. The number of carbonyl (C=O) groups is 1. The summed E-state index contributed by atoms with van der Waals surface area (Å²) in [7, 11) is 0. The number of likely N-dealkylation sites (tertiary alicyclic amines) is 1. The number of nitrogens with zero attached hydrogens (tertiary/aromatic N) is 1. The molecule has 18 heavy (non-hydrogen) atoms. The van der Waals surface area contributed by atoms with Crippen molar-refractivity contribution in [1.82, 2.24) is 10.2 Å². The number of nitrogens with one attached hydrogen (secondary N) is 1. The van der Waals surface area contributed by atoms with E-state index in [1.807, 2.05) is 0 Å². The van der Waals surface area contributed by atoms with E-state index in [0.717, 1.165) is 25.9 Å². The first-order valence-corrected chi connectivity index (χ1v) is 6.55. The van der Waals surface area contributed by atoms with Gasteiger partial charge in [0.1, 0.15) is 0 Å². The van der Waals surface area contributed by atoms with E-state index < -0.39 is 6.09 Å². The number of carboxylic acid groups (broad SMARTS) is 1. The van der Waals surface area contributed by atoms with Gasteiger partial charge in [-0.25, -0.2) is 4.79 Å². The molecular formula is C14H18N2O2. The number of amides is 1. The normalized spacial score (nSPS) is 27.1. The van der Waals surface area contributed by atoms with Crippen molar-refractivity contribution in [2.75, 3.05) is 13.1 Å². The largest absolute Gasteiger partial charge is 0.465 e. The van der Waals surface area contributed by atoms with E-state index in [2.05, 4.69) is 34.5 Å². The van der Waals surface area contributed by atoms with Crippen LogP contribution in [0, 0.1) is 0 Å². The highest BCUT2D eigenvalue weighted by Crippen LogP contribution is 2.37. The molecule has 0 radical (unpaired) electrons. The number of fused-ring (bicyclic) bond motifs is 1. The van der Waals surface area contributed by atoms with Gasteiger partial charge in [0.2, 0.25) is 0 Å². The highest BCUT2D eigenvalue weighted by Gasteiger charge is 2.33. The van der Waals surface area contributed by atoms with Crippen LogP contribution in [0.2, 0.25) is 0 Å². The zero-order valence-corrected chi connectivity index (χ0v) is 10.3. The second-order valence-electron chi connectivity index (χ2n) is 5.18. The van der Waals surface area contributed by atoms with Gasteiger partial charge in [0, 0.05) is 25.2 Å². The third kappa shape index (κ3) is 2.08. The molecule has 0 spiro atoms. The Labute approximate surface area is 107 Å². The Morgan fingerprint density at radius 1 is 1.33 bits per heavy atom. The predicted molar refractivity (Wildman–Crippen MR) is 68.6 cm³/mol. The molecular weight excluding hydrogens is 228 g/mol. The van der Waals surface area contributed by atoms with Crippen molar-refractivity contribution in [3.8, 4) is 0 Å². The Kier molecular flexibility index (Phi) is 2.96. The molecule has 4 heteroatoms. The van der Waals surface area contributed by atoms with Crippen molar-refractivity contribution in [3.63, 3.8) is 0 Å². The minimum absolute atomic E-state index is 0.0928. The molecule has 3 rings (SSSR count). The van der Waals surface area contributed by atoms with Gasteiger partial charge >= 0.3 is 6.09 Å². The zero-order chi connectivity index (χ0) is 12.5. The quantitative estimate of drug-likeness (QED) is 0.839. The number of benzene rings is 1. The third-order valence-electron chi connectivity index (χ3n) is 4.09. The molecule has 2 aliphatic rings. The number of aryl methyl sites for hydroxylation is 1. The summed E-state index contributed by atoms with van der Waals surface area (Å²) >= 11 is 0. The van der Waals surface area contributed by atoms with Crippen molar-refractivity contribution in [2.24, 2.45) is 0 Å². The first-order valence-electron chi connectivity index (χ1n) is 6.55. The second-order valence-corrected chi connectivity index (χ2v) is 5.18. The first-order chi connectivity index (χ1) is 8.74. The molecule has 0 saturated carbocycles. The van der Waals surface area contributed by atoms with Gasteiger partial charge in [-0.3, -0.25) is 4.90 Å². The monoisotopic (exact) mass is 246 g/mol. The maximum Gasteiger partial charge on any atom is 0.404 e. The molecule has 1 heterocycles. The van der Waals surface area contributed by atoms with Crippen LogP contribution in [0.1, 0.15) is 30.0 Å². The number of hydrogen-bond donors (Lipinski definition) is 2. The molecule has 0 aromatic heterocycles. The Hall–Kier alpha value is -1.55. The highest BCUT2D eigenvalue weighted by atomic mass is 16.4. The lowest BCUT2D eigenvalue weighted by Crippen LogP contribution is -2.36. The Balaban J connectivity index is 1.69. The molecule has 1 unspecified atom stereocenters. The van der Waals surface area contributed by atoms with Crippen LogP contribution in [-0.4, -0.2) is 35.2 Å². The minimum atomic E-state index is -0.909. The summed E-state index contributed by atoms with van der Waals surface area (Å²) in [5.41, 5.74) is 2.89. The average Bonchev–Trinajstić information content (AvgIpc) is 2.94. The van der Waals surface area contributed by atoms with Crippen molar-refractivity contribution < 1.29 is 9.90 Å².